The second-order valence-corrected chi connectivity index (χ2v) is 6.34. The molecule has 1 aliphatic rings. The van der Waals surface area contributed by atoms with E-state index >= 15 is 0 Å². The number of nitrogens with one attached hydrogen (secondary N) is 1. The maximum Gasteiger partial charge on any atom is 0.103 e. The maximum absolute atomic E-state index is 9.33. The van der Waals surface area contributed by atoms with Gasteiger partial charge in [0.15, 0.2) is 0 Å². The van der Waals surface area contributed by atoms with Crippen LogP contribution >= 0.6 is 0 Å². The third-order valence-electron chi connectivity index (χ3n) is 4.48. The molecule has 1 fully saturated rings. The van der Waals surface area contributed by atoms with Crippen LogP contribution in [0.1, 0.15) is 66.2 Å². The van der Waals surface area contributed by atoms with E-state index in [9.17, 15) is 5.26 Å². The van der Waals surface area contributed by atoms with Crippen molar-refractivity contribution in [2.45, 2.75) is 83.8 Å². The van der Waals surface area contributed by atoms with Crippen molar-refractivity contribution >= 4 is 0 Å². The lowest BCUT2D eigenvalue weighted by Crippen LogP contribution is -2.46. The summed E-state index contributed by atoms with van der Waals surface area (Å²) >= 11 is 0. The van der Waals surface area contributed by atoms with Crippen LogP contribution in [0.4, 0.5) is 0 Å². The van der Waals surface area contributed by atoms with Crippen LogP contribution in [0.5, 0.6) is 0 Å². The van der Waals surface area contributed by atoms with Crippen molar-refractivity contribution in [1.29, 1.82) is 5.26 Å². The van der Waals surface area contributed by atoms with Gasteiger partial charge in [0.25, 0.3) is 0 Å². The molecule has 0 bridgehead atoms. The van der Waals surface area contributed by atoms with Crippen molar-refractivity contribution in [2.24, 2.45) is 0 Å². The molecule has 19 heavy (non-hydrogen) atoms. The van der Waals surface area contributed by atoms with Gasteiger partial charge in [-0.3, -0.25) is 10.2 Å². The SMILES string of the molecule is CCCNC(C)(C#N)CCCN1[C@H](C)CCC[C@@H]1C. The number of nitriles is 1. The van der Waals surface area contributed by atoms with Crippen molar-refractivity contribution in [3.63, 3.8) is 0 Å². The predicted molar refractivity (Wildman–Crippen MR) is 81.0 cm³/mol. The number of hydrogen-bond acceptors (Lipinski definition) is 3. The second kappa shape index (κ2) is 7.87. The van der Waals surface area contributed by atoms with Gasteiger partial charge in [0.2, 0.25) is 0 Å². The summed E-state index contributed by atoms with van der Waals surface area (Å²) in [7, 11) is 0. The van der Waals surface area contributed by atoms with E-state index in [0.29, 0.717) is 12.1 Å². The molecule has 0 aromatic carbocycles. The standard InChI is InChI=1S/C16H31N3/c1-5-11-18-16(4,13-17)10-7-12-19-14(2)8-6-9-15(19)3/h14-15,18H,5-12H2,1-4H3/t14-,15+,16?. The molecule has 3 nitrogen and oxygen atoms in total. The monoisotopic (exact) mass is 265 g/mol. The Labute approximate surface area is 119 Å². The first-order valence-corrected chi connectivity index (χ1v) is 7.94. The minimum absolute atomic E-state index is 0.349. The maximum atomic E-state index is 9.33. The zero-order valence-corrected chi connectivity index (χ0v) is 13.2. The highest BCUT2D eigenvalue weighted by molar-refractivity contribution is 5.03. The molecule has 0 radical (unpaired) electrons. The van der Waals surface area contributed by atoms with Crippen LogP contribution in [0.25, 0.3) is 0 Å². The fourth-order valence-corrected chi connectivity index (χ4v) is 3.12. The van der Waals surface area contributed by atoms with Crippen molar-refractivity contribution in [3.8, 4) is 6.07 Å². The summed E-state index contributed by atoms with van der Waals surface area (Å²) in [6.45, 7) is 10.9. The van der Waals surface area contributed by atoms with Gasteiger partial charge in [0.1, 0.15) is 5.54 Å². The Morgan fingerprint density at radius 1 is 1.32 bits per heavy atom. The minimum Gasteiger partial charge on any atom is -0.300 e. The number of nitrogens with zero attached hydrogens (tertiary/aromatic N) is 2. The van der Waals surface area contributed by atoms with Gasteiger partial charge in [-0.05, 0) is 66.0 Å². The van der Waals surface area contributed by atoms with Gasteiger partial charge in [0, 0.05) is 12.1 Å². The fourth-order valence-electron chi connectivity index (χ4n) is 3.12. The molecule has 1 heterocycles. The molecule has 1 aliphatic heterocycles. The topological polar surface area (TPSA) is 39.1 Å². The van der Waals surface area contributed by atoms with E-state index in [1.54, 1.807) is 0 Å². The van der Waals surface area contributed by atoms with E-state index in [1.165, 1.54) is 19.3 Å². The Bertz CT molecular complexity index is 287. The smallest absolute Gasteiger partial charge is 0.103 e. The number of hydrogen-bond donors (Lipinski definition) is 1. The van der Waals surface area contributed by atoms with Crippen molar-refractivity contribution in [1.82, 2.24) is 10.2 Å². The highest BCUT2D eigenvalue weighted by Crippen LogP contribution is 2.23. The van der Waals surface area contributed by atoms with Crippen molar-refractivity contribution < 1.29 is 0 Å². The molecular weight excluding hydrogens is 234 g/mol. The molecule has 0 spiro atoms. The van der Waals surface area contributed by atoms with Gasteiger partial charge in [-0.15, -0.1) is 0 Å². The lowest BCUT2D eigenvalue weighted by atomic mass is 9.94. The lowest BCUT2D eigenvalue weighted by molar-refractivity contribution is 0.0993. The quantitative estimate of drug-likeness (QED) is 0.767. The Kier molecular flexibility index (Phi) is 6.82. The molecule has 1 N–H and O–H groups in total. The Morgan fingerprint density at radius 2 is 1.95 bits per heavy atom. The molecule has 1 rings (SSSR count). The van der Waals surface area contributed by atoms with Gasteiger partial charge < -0.3 is 0 Å². The van der Waals surface area contributed by atoms with E-state index in [1.807, 2.05) is 6.92 Å². The zero-order valence-electron chi connectivity index (χ0n) is 13.2. The fraction of sp³-hybridized carbons (Fsp3) is 0.938. The van der Waals surface area contributed by atoms with Crippen LogP contribution in [0.3, 0.4) is 0 Å². The molecule has 0 aromatic rings. The number of piperidine rings is 1. The van der Waals surface area contributed by atoms with Crippen molar-refractivity contribution in [3.05, 3.63) is 0 Å². The molecule has 3 atom stereocenters. The molecule has 110 valence electrons. The Balaban J connectivity index is 2.37. The van der Waals surface area contributed by atoms with Crippen LogP contribution in [0.2, 0.25) is 0 Å². The lowest BCUT2D eigenvalue weighted by Gasteiger charge is -2.39. The summed E-state index contributed by atoms with van der Waals surface area (Å²) in [6, 6.07) is 3.86. The Hall–Kier alpha value is -0.590. The normalized spacial score (nSPS) is 27.7. The van der Waals surface area contributed by atoms with Crippen LogP contribution in [0, 0.1) is 11.3 Å². The van der Waals surface area contributed by atoms with Gasteiger partial charge in [-0.2, -0.15) is 5.26 Å². The number of likely N-dealkylation sites (tertiary alicyclic amines) is 1. The van der Waals surface area contributed by atoms with Crippen LogP contribution < -0.4 is 5.32 Å². The van der Waals surface area contributed by atoms with E-state index in [2.05, 4.69) is 37.1 Å². The molecular formula is C16H31N3. The second-order valence-electron chi connectivity index (χ2n) is 6.34. The molecule has 1 unspecified atom stereocenters. The van der Waals surface area contributed by atoms with Gasteiger partial charge in [-0.25, -0.2) is 0 Å². The van der Waals surface area contributed by atoms with E-state index < -0.39 is 0 Å². The van der Waals surface area contributed by atoms with E-state index in [0.717, 1.165) is 32.4 Å². The molecule has 3 heteroatoms. The third-order valence-corrected chi connectivity index (χ3v) is 4.48. The summed E-state index contributed by atoms with van der Waals surface area (Å²) < 4.78 is 0. The minimum atomic E-state index is -0.349. The Morgan fingerprint density at radius 3 is 2.47 bits per heavy atom. The molecule has 0 amide bonds. The van der Waals surface area contributed by atoms with Crippen LogP contribution in [-0.4, -0.2) is 35.6 Å². The van der Waals surface area contributed by atoms with Gasteiger partial charge in [-0.1, -0.05) is 13.3 Å². The summed E-state index contributed by atoms with van der Waals surface area (Å²) in [5.74, 6) is 0. The first kappa shape index (κ1) is 16.5. The average Bonchev–Trinajstić information content (AvgIpc) is 2.40. The molecule has 1 saturated heterocycles. The summed E-state index contributed by atoms with van der Waals surface area (Å²) in [4.78, 5) is 2.63. The molecule has 0 saturated carbocycles. The average molecular weight is 265 g/mol. The predicted octanol–water partition coefficient (Wildman–Crippen LogP) is 3.31. The first-order chi connectivity index (χ1) is 9.02. The molecule has 0 aromatic heterocycles. The zero-order chi connectivity index (χ0) is 14.3. The highest BCUT2D eigenvalue weighted by Gasteiger charge is 2.26. The van der Waals surface area contributed by atoms with Gasteiger partial charge >= 0.3 is 0 Å². The summed E-state index contributed by atoms with van der Waals surface area (Å²) in [6.07, 6.45) is 7.15. The van der Waals surface area contributed by atoms with Crippen molar-refractivity contribution in [2.75, 3.05) is 13.1 Å². The van der Waals surface area contributed by atoms with Crippen LogP contribution in [-0.2, 0) is 0 Å². The van der Waals surface area contributed by atoms with E-state index in [4.69, 9.17) is 0 Å². The van der Waals surface area contributed by atoms with Gasteiger partial charge in [0.05, 0.1) is 6.07 Å². The third kappa shape index (κ3) is 5.12. The van der Waals surface area contributed by atoms with E-state index in [-0.39, 0.29) is 5.54 Å². The highest BCUT2D eigenvalue weighted by atomic mass is 15.2. The van der Waals surface area contributed by atoms with Crippen LogP contribution in [0.15, 0.2) is 0 Å². The summed E-state index contributed by atoms with van der Waals surface area (Å²) in [5.41, 5.74) is -0.349. The summed E-state index contributed by atoms with van der Waals surface area (Å²) in [5, 5.41) is 12.7. The number of rotatable bonds is 7. The molecule has 0 aliphatic carbocycles. The largest absolute Gasteiger partial charge is 0.300 e. The first-order valence-electron chi connectivity index (χ1n) is 7.94.